The minimum atomic E-state index is -4.81. The molecular weight excluding hydrogens is 407 g/mol. The summed E-state index contributed by atoms with van der Waals surface area (Å²) >= 11 is 0. The number of hydrogen-bond acceptors (Lipinski definition) is 5. The first-order chi connectivity index (χ1) is 14.1. The molecule has 2 amide bonds. The number of carboxylic acid groups (broad SMARTS) is 1. The molecular formula is C19H18F3N3O5. The van der Waals surface area contributed by atoms with E-state index in [2.05, 4.69) is 20.9 Å². The third-order valence-corrected chi connectivity index (χ3v) is 3.69. The molecule has 0 radical (unpaired) electrons. The van der Waals surface area contributed by atoms with Gasteiger partial charge < -0.3 is 15.2 Å². The van der Waals surface area contributed by atoms with Gasteiger partial charge in [0.1, 0.15) is 5.75 Å². The molecule has 0 saturated carbocycles. The van der Waals surface area contributed by atoms with Crippen molar-refractivity contribution in [3.63, 3.8) is 0 Å². The largest absolute Gasteiger partial charge is 0.573 e. The standard InChI is InChI=1S/C19H18F3N3O5/c20-19(21,22)30-15-7-5-14(6-8-15)18(29)25-24-11-12-1-3-13(4-2-12)17(28)23-10-9-16(26)27/h1-8,24H,9-11H2,(H,23,28)(H,25,29)(H,26,27). The Morgan fingerprint density at radius 1 is 0.900 bits per heavy atom. The number of amides is 2. The molecule has 0 aliphatic carbocycles. The number of carboxylic acids is 1. The van der Waals surface area contributed by atoms with Gasteiger partial charge in [0.05, 0.1) is 6.42 Å². The predicted molar refractivity (Wildman–Crippen MR) is 98.5 cm³/mol. The number of rotatable bonds is 9. The summed E-state index contributed by atoms with van der Waals surface area (Å²) in [5, 5.41) is 11.0. The lowest BCUT2D eigenvalue weighted by atomic mass is 10.1. The molecule has 0 aromatic heterocycles. The van der Waals surface area contributed by atoms with Gasteiger partial charge in [-0.25, -0.2) is 5.43 Å². The maximum absolute atomic E-state index is 12.1. The fourth-order valence-corrected chi connectivity index (χ4v) is 2.27. The van der Waals surface area contributed by atoms with Crippen LogP contribution in [0, 0.1) is 0 Å². The van der Waals surface area contributed by atoms with Crippen LogP contribution in [0.5, 0.6) is 5.75 Å². The van der Waals surface area contributed by atoms with Crippen LogP contribution in [0.25, 0.3) is 0 Å². The molecule has 11 heteroatoms. The predicted octanol–water partition coefficient (Wildman–Crippen LogP) is 2.22. The maximum atomic E-state index is 12.1. The number of hydrogen-bond donors (Lipinski definition) is 4. The zero-order valence-corrected chi connectivity index (χ0v) is 15.5. The Kier molecular flexibility index (Phi) is 7.76. The third kappa shape index (κ3) is 7.80. The van der Waals surface area contributed by atoms with Gasteiger partial charge in [0.15, 0.2) is 0 Å². The normalized spacial score (nSPS) is 10.9. The van der Waals surface area contributed by atoms with Crippen LogP contribution in [0.1, 0.15) is 32.7 Å². The monoisotopic (exact) mass is 425 g/mol. The average Bonchev–Trinajstić information content (AvgIpc) is 2.67. The van der Waals surface area contributed by atoms with Gasteiger partial charge in [0.2, 0.25) is 0 Å². The Balaban J connectivity index is 1.78. The maximum Gasteiger partial charge on any atom is 0.573 e. The number of hydrazine groups is 1. The first-order valence-corrected chi connectivity index (χ1v) is 8.62. The van der Waals surface area contributed by atoms with E-state index in [4.69, 9.17) is 5.11 Å². The number of benzene rings is 2. The van der Waals surface area contributed by atoms with E-state index in [1.54, 1.807) is 24.3 Å². The van der Waals surface area contributed by atoms with Gasteiger partial charge in [-0.3, -0.25) is 19.8 Å². The lowest BCUT2D eigenvalue weighted by molar-refractivity contribution is -0.274. The summed E-state index contributed by atoms with van der Waals surface area (Å²) in [6, 6.07) is 10.8. The summed E-state index contributed by atoms with van der Waals surface area (Å²) in [4.78, 5) is 34.3. The number of ether oxygens (including phenoxy) is 1. The van der Waals surface area contributed by atoms with Crippen LogP contribution >= 0.6 is 0 Å². The van der Waals surface area contributed by atoms with Crippen LogP contribution in [-0.4, -0.2) is 35.8 Å². The number of carbonyl (C=O) groups is 3. The first-order valence-electron chi connectivity index (χ1n) is 8.62. The highest BCUT2D eigenvalue weighted by Crippen LogP contribution is 2.22. The van der Waals surface area contributed by atoms with Gasteiger partial charge in [-0.2, -0.15) is 0 Å². The summed E-state index contributed by atoms with van der Waals surface area (Å²) in [6.07, 6.45) is -4.98. The number of nitrogens with one attached hydrogen (secondary N) is 3. The van der Waals surface area contributed by atoms with Crippen molar-refractivity contribution in [2.45, 2.75) is 19.3 Å². The highest BCUT2D eigenvalue weighted by atomic mass is 19.4. The van der Waals surface area contributed by atoms with Crippen molar-refractivity contribution in [2.75, 3.05) is 6.54 Å². The molecule has 2 aromatic carbocycles. The zero-order valence-electron chi connectivity index (χ0n) is 15.5. The van der Waals surface area contributed by atoms with Crippen LogP contribution in [0.4, 0.5) is 13.2 Å². The number of alkyl halides is 3. The second kappa shape index (κ2) is 10.3. The fourth-order valence-electron chi connectivity index (χ4n) is 2.27. The topological polar surface area (TPSA) is 117 Å². The van der Waals surface area contributed by atoms with Gasteiger partial charge >= 0.3 is 12.3 Å². The molecule has 0 atom stereocenters. The van der Waals surface area contributed by atoms with E-state index in [1.165, 1.54) is 12.1 Å². The Morgan fingerprint density at radius 2 is 1.47 bits per heavy atom. The smallest absolute Gasteiger partial charge is 0.481 e. The molecule has 2 aromatic rings. The molecule has 8 nitrogen and oxygen atoms in total. The zero-order chi connectivity index (χ0) is 22.1. The van der Waals surface area contributed by atoms with Crippen molar-refractivity contribution in [3.05, 3.63) is 65.2 Å². The molecule has 0 unspecified atom stereocenters. The van der Waals surface area contributed by atoms with Crippen molar-refractivity contribution in [1.82, 2.24) is 16.2 Å². The lowest BCUT2D eigenvalue weighted by Crippen LogP contribution is -2.36. The second-order valence-electron chi connectivity index (χ2n) is 5.98. The number of aliphatic carboxylic acids is 1. The Bertz CT molecular complexity index is 884. The molecule has 4 N–H and O–H groups in total. The van der Waals surface area contributed by atoms with Crippen LogP contribution in [0.3, 0.4) is 0 Å². The molecule has 0 aliphatic rings. The van der Waals surface area contributed by atoms with Crippen LogP contribution in [-0.2, 0) is 11.3 Å². The minimum Gasteiger partial charge on any atom is -0.481 e. The van der Waals surface area contributed by atoms with Gasteiger partial charge in [0, 0.05) is 24.2 Å². The molecule has 0 heterocycles. The summed E-state index contributed by atoms with van der Waals surface area (Å²) in [5.41, 5.74) is 6.30. The van der Waals surface area contributed by atoms with E-state index >= 15 is 0 Å². The fraction of sp³-hybridized carbons (Fsp3) is 0.211. The number of halogens is 3. The van der Waals surface area contributed by atoms with E-state index in [1.807, 2.05) is 0 Å². The average molecular weight is 425 g/mol. The highest BCUT2D eigenvalue weighted by molar-refractivity contribution is 5.94. The van der Waals surface area contributed by atoms with E-state index in [0.29, 0.717) is 5.56 Å². The van der Waals surface area contributed by atoms with E-state index < -0.39 is 29.9 Å². The van der Waals surface area contributed by atoms with Crippen LogP contribution in [0.2, 0.25) is 0 Å². The summed E-state index contributed by atoms with van der Waals surface area (Å²) in [5.74, 6) is -2.39. The molecule has 0 aliphatic heterocycles. The molecule has 0 saturated heterocycles. The van der Waals surface area contributed by atoms with Crippen LogP contribution in [0.15, 0.2) is 48.5 Å². The summed E-state index contributed by atoms with van der Waals surface area (Å²) in [6.45, 7) is 0.245. The van der Waals surface area contributed by atoms with Crippen LogP contribution < -0.4 is 20.9 Å². The highest BCUT2D eigenvalue weighted by Gasteiger charge is 2.31. The van der Waals surface area contributed by atoms with Gasteiger partial charge in [0.25, 0.3) is 11.8 Å². The quantitative estimate of drug-likeness (QED) is 0.458. The lowest BCUT2D eigenvalue weighted by Gasteiger charge is -2.10. The third-order valence-electron chi connectivity index (χ3n) is 3.69. The van der Waals surface area contributed by atoms with E-state index in [-0.39, 0.29) is 25.1 Å². The van der Waals surface area contributed by atoms with Crippen molar-refractivity contribution in [2.24, 2.45) is 0 Å². The van der Waals surface area contributed by atoms with Gasteiger partial charge in [-0.05, 0) is 42.0 Å². The first kappa shape index (κ1) is 22.7. The Hall–Kier alpha value is -3.60. The molecule has 160 valence electrons. The SMILES string of the molecule is O=C(O)CCNC(=O)c1ccc(CNNC(=O)c2ccc(OC(F)(F)F)cc2)cc1. The molecule has 2 rings (SSSR count). The Labute approximate surface area is 169 Å². The molecule has 30 heavy (non-hydrogen) atoms. The van der Waals surface area contributed by atoms with Crippen molar-refractivity contribution >= 4 is 17.8 Å². The molecule has 0 fully saturated rings. The molecule has 0 bridgehead atoms. The van der Waals surface area contributed by atoms with Gasteiger partial charge in [-0.1, -0.05) is 12.1 Å². The summed E-state index contributed by atoms with van der Waals surface area (Å²) in [7, 11) is 0. The summed E-state index contributed by atoms with van der Waals surface area (Å²) < 4.78 is 40.1. The van der Waals surface area contributed by atoms with E-state index in [0.717, 1.165) is 17.7 Å². The van der Waals surface area contributed by atoms with E-state index in [9.17, 15) is 27.6 Å². The van der Waals surface area contributed by atoms with Crippen molar-refractivity contribution in [3.8, 4) is 5.75 Å². The Morgan fingerprint density at radius 3 is 2.03 bits per heavy atom. The second-order valence-corrected chi connectivity index (χ2v) is 5.98. The minimum absolute atomic E-state index is 0.0206. The van der Waals surface area contributed by atoms with Crippen molar-refractivity contribution in [1.29, 1.82) is 0 Å². The number of carbonyl (C=O) groups excluding carboxylic acids is 2. The van der Waals surface area contributed by atoms with Crippen molar-refractivity contribution < 1.29 is 37.4 Å². The molecule has 0 spiro atoms. The van der Waals surface area contributed by atoms with Gasteiger partial charge in [-0.15, -0.1) is 13.2 Å².